The van der Waals surface area contributed by atoms with Gasteiger partial charge in [-0.3, -0.25) is 14.7 Å². The second-order valence-electron chi connectivity index (χ2n) is 4.41. The van der Waals surface area contributed by atoms with Crippen LogP contribution in [0.25, 0.3) is 0 Å². The van der Waals surface area contributed by atoms with Crippen LogP contribution in [0.15, 0.2) is 18.3 Å². The van der Waals surface area contributed by atoms with Crippen LogP contribution < -0.4 is 4.90 Å². The zero-order chi connectivity index (χ0) is 12.7. The minimum atomic E-state index is -0.294. The van der Waals surface area contributed by atoms with Crippen molar-refractivity contribution in [2.24, 2.45) is 11.8 Å². The van der Waals surface area contributed by atoms with Crippen LogP contribution in [0.3, 0.4) is 0 Å². The molecule has 90 valence electrons. The van der Waals surface area contributed by atoms with E-state index in [1.54, 1.807) is 0 Å². The molecule has 1 aromatic heterocycles. The third kappa shape index (κ3) is 1.31. The zero-order valence-corrected chi connectivity index (χ0v) is 9.46. The molecule has 1 aliphatic carbocycles. The van der Waals surface area contributed by atoms with Gasteiger partial charge in [-0.05, 0) is 12.8 Å². The number of imide groups is 1. The number of nitriles is 1. The van der Waals surface area contributed by atoms with Crippen LogP contribution >= 0.6 is 0 Å². The Bertz CT molecular complexity index is 569. The molecule has 1 saturated heterocycles. The van der Waals surface area contributed by atoms with Crippen molar-refractivity contribution in [3.05, 3.63) is 23.9 Å². The number of carbonyl (C=O) groups is 2. The number of amides is 2. The summed E-state index contributed by atoms with van der Waals surface area (Å²) in [7, 11) is 0. The fourth-order valence-corrected chi connectivity index (χ4v) is 2.55. The van der Waals surface area contributed by atoms with E-state index in [0.717, 1.165) is 4.90 Å². The van der Waals surface area contributed by atoms with Gasteiger partial charge in [-0.25, -0.2) is 4.90 Å². The molecule has 1 aliphatic heterocycles. The van der Waals surface area contributed by atoms with E-state index in [1.807, 2.05) is 18.2 Å². The van der Waals surface area contributed by atoms with Crippen molar-refractivity contribution in [3.8, 4) is 6.07 Å². The molecule has 2 atom stereocenters. The largest absolute Gasteiger partial charge is 0.274 e. The standard InChI is InChI=1S/C12H10N4O2/c13-5-7-6-14-15-10(7)16-11(17)8-3-1-2-4-9(8)12(16)18/h1-2,6,8-9H,3-4H2,(H,14,15)/t8-,9+. The van der Waals surface area contributed by atoms with Crippen LogP contribution in [0.5, 0.6) is 0 Å². The van der Waals surface area contributed by atoms with Gasteiger partial charge < -0.3 is 0 Å². The molecule has 1 N–H and O–H groups in total. The third-order valence-electron chi connectivity index (χ3n) is 3.47. The Hall–Kier alpha value is -2.42. The van der Waals surface area contributed by atoms with Gasteiger partial charge in [0.05, 0.1) is 18.0 Å². The zero-order valence-electron chi connectivity index (χ0n) is 9.46. The molecule has 0 spiro atoms. The molecule has 2 heterocycles. The highest BCUT2D eigenvalue weighted by Crippen LogP contribution is 2.37. The summed E-state index contributed by atoms with van der Waals surface area (Å²) in [5.41, 5.74) is 0.211. The highest BCUT2D eigenvalue weighted by atomic mass is 16.2. The average molecular weight is 242 g/mol. The van der Waals surface area contributed by atoms with E-state index in [9.17, 15) is 9.59 Å². The van der Waals surface area contributed by atoms with Crippen molar-refractivity contribution in [2.45, 2.75) is 12.8 Å². The Balaban J connectivity index is 2.02. The van der Waals surface area contributed by atoms with Gasteiger partial charge in [0, 0.05) is 0 Å². The molecule has 0 bridgehead atoms. The summed E-state index contributed by atoms with van der Waals surface area (Å²) in [5, 5.41) is 15.2. The van der Waals surface area contributed by atoms with Gasteiger partial charge in [-0.15, -0.1) is 0 Å². The van der Waals surface area contributed by atoms with Gasteiger partial charge in [0.25, 0.3) is 0 Å². The van der Waals surface area contributed by atoms with Crippen molar-refractivity contribution in [3.63, 3.8) is 0 Å². The maximum absolute atomic E-state index is 12.2. The van der Waals surface area contributed by atoms with Crippen molar-refractivity contribution in [1.29, 1.82) is 5.26 Å². The highest BCUT2D eigenvalue weighted by molar-refractivity contribution is 6.22. The van der Waals surface area contributed by atoms with E-state index in [-0.39, 0.29) is 35.0 Å². The Kier molecular flexibility index (Phi) is 2.27. The minimum Gasteiger partial charge on any atom is -0.274 e. The number of aromatic nitrogens is 2. The van der Waals surface area contributed by atoms with Gasteiger partial charge in [0.2, 0.25) is 11.8 Å². The lowest BCUT2D eigenvalue weighted by atomic mass is 9.85. The summed E-state index contributed by atoms with van der Waals surface area (Å²) in [4.78, 5) is 25.5. The van der Waals surface area contributed by atoms with Gasteiger partial charge in [-0.2, -0.15) is 10.4 Å². The predicted octanol–water partition coefficient (Wildman–Crippen LogP) is 0.737. The number of hydrogen-bond acceptors (Lipinski definition) is 4. The Morgan fingerprint density at radius 3 is 2.44 bits per heavy atom. The molecular weight excluding hydrogens is 232 g/mol. The third-order valence-corrected chi connectivity index (χ3v) is 3.47. The van der Waals surface area contributed by atoms with E-state index in [1.165, 1.54) is 6.20 Å². The first-order chi connectivity index (χ1) is 8.74. The number of aromatic amines is 1. The van der Waals surface area contributed by atoms with Crippen molar-refractivity contribution >= 4 is 17.6 Å². The summed E-state index contributed by atoms with van der Waals surface area (Å²) >= 11 is 0. The summed E-state index contributed by atoms with van der Waals surface area (Å²) in [6.45, 7) is 0. The van der Waals surface area contributed by atoms with E-state index in [4.69, 9.17) is 5.26 Å². The fourth-order valence-electron chi connectivity index (χ4n) is 2.55. The number of anilines is 1. The number of allylic oxidation sites excluding steroid dienone is 2. The molecule has 0 aromatic carbocycles. The smallest absolute Gasteiger partial charge is 0.239 e. The number of hydrogen-bond donors (Lipinski definition) is 1. The number of H-pyrrole nitrogens is 1. The first-order valence-corrected chi connectivity index (χ1v) is 5.70. The quantitative estimate of drug-likeness (QED) is 0.580. The van der Waals surface area contributed by atoms with Gasteiger partial charge in [-0.1, -0.05) is 12.2 Å². The minimum absolute atomic E-state index is 0.196. The second-order valence-corrected chi connectivity index (χ2v) is 4.41. The summed E-state index contributed by atoms with van der Waals surface area (Å²) in [6, 6.07) is 1.92. The topological polar surface area (TPSA) is 89.8 Å². The average Bonchev–Trinajstić information content (AvgIpc) is 2.95. The summed E-state index contributed by atoms with van der Waals surface area (Å²) < 4.78 is 0. The number of nitrogens with zero attached hydrogens (tertiary/aromatic N) is 3. The molecule has 6 nitrogen and oxygen atoms in total. The van der Waals surface area contributed by atoms with Crippen LogP contribution in [0.1, 0.15) is 18.4 Å². The molecule has 18 heavy (non-hydrogen) atoms. The van der Waals surface area contributed by atoms with E-state index >= 15 is 0 Å². The Morgan fingerprint density at radius 2 is 1.89 bits per heavy atom. The summed E-state index contributed by atoms with van der Waals surface area (Å²) in [6.07, 6.45) is 6.33. The predicted molar refractivity (Wildman–Crippen MR) is 61.1 cm³/mol. The molecule has 1 aromatic rings. The SMILES string of the molecule is N#Cc1cn[nH]c1N1C(=O)[C@H]2CC=CC[C@H]2C1=O. The first-order valence-electron chi connectivity index (χ1n) is 5.70. The number of carbonyl (C=O) groups excluding carboxylic acids is 2. The van der Waals surface area contributed by atoms with Crippen LogP contribution in [-0.2, 0) is 9.59 Å². The second kappa shape index (κ2) is 3.81. The maximum atomic E-state index is 12.2. The molecule has 2 amide bonds. The van der Waals surface area contributed by atoms with Crippen LogP contribution in [0.4, 0.5) is 5.82 Å². The van der Waals surface area contributed by atoms with Gasteiger partial charge >= 0.3 is 0 Å². The van der Waals surface area contributed by atoms with E-state index < -0.39 is 0 Å². The molecule has 3 rings (SSSR count). The number of rotatable bonds is 1. The lowest BCUT2D eigenvalue weighted by molar-refractivity contribution is -0.122. The normalized spacial score (nSPS) is 26.3. The lowest BCUT2D eigenvalue weighted by Gasteiger charge is -2.14. The number of nitrogens with one attached hydrogen (secondary N) is 1. The van der Waals surface area contributed by atoms with Crippen molar-refractivity contribution < 1.29 is 9.59 Å². The monoisotopic (exact) mass is 242 g/mol. The first kappa shape index (κ1) is 10.7. The molecule has 6 heteroatoms. The Morgan fingerprint density at radius 1 is 1.28 bits per heavy atom. The fraction of sp³-hybridized carbons (Fsp3) is 0.333. The van der Waals surface area contributed by atoms with Crippen molar-refractivity contribution in [2.75, 3.05) is 4.90 Å². The van der Waals surface area contributed by atoms with Gasteiger partial charge in [0.1, 0.15) is 11.6 Å². The molecule has 0 unspecified atom stereocenters. The molecule has 0 saturated carbocycles. The number of fused-ring (bicyclic) bond motifs is 1. The molecule has 2 aliphatic rings. The Labute approximate surface area is 103 Å². The molecular formula is C12H10N4O2. The maximum Gasteiger partial charge on any atom is 0.239 e. The van der Waals surface area contributed by atoms with Gasteiger partial charge in [0.15, 0.2) is 5.82 Å². The van der Waals surface area contributed by atoms with Crippen LogP contribution in [-0.4, -0.2) is 22.0 Å². The summed E-state index contributed by atoms with van der Waals surface area (Å²) in [5.74, 6) is -0.873. The molecule has 1 fully saturated rings. The highest BCUT2D eigenvalue weighted by Gasteiger charge is 2.48. The van der Waals surface area contributed by atoms with E-state index in [2.05, 4.69) is 10.2 Å². The van der Waals surface area contributed by atoms with Crippen LogP contribution in [0, 0.1) is 23.2 Å². The van der Waals surface area contributed by atoms with Crippen molar-refractivity contribution in [1.82, 2.24) is 10.2 Å². The lowest BCUT2D eigenvalue weighted by Crippen LogP contribution is -2.31. The van der Waals surface area contributed by atoms with Crippen LogP contribution in [0.2, 0.25) is 0 Å². The molecule has 0 radical (unpaired) electrons. The van der Waals surface area contributed by atoms with E-state index in [0.29, 0.717) is 12.8 Å².